The van der Waals surface area contributed by atoms with Crippen LogP contribution < -0.4 is 10.6 Å². The summed E-state index contributed by atoms with van der Waals surface area (Å²) in [5.41, 5.74) is -0.0827. The summed E-state index contributed by atoms with van der Waals surface area (Å²) in [4.78, 5) is 26.4. The van der Waals surface area contributed by atoms with Crippen molar-refractivity contribution in [1.29, 1.82) is 0 Å². The number of nitro benzene ring substituents is 1. The average Bonchev–Trinajstić information content (AvgIpc) is 2.64. The van der Waals surface area contributed by atoms with Crippen LogP contribution in [0.5, 0.6) is 0 Å². The van der Waals surface area contributed by atoms with E-state index in [0.717, 1.165) is 12.1 Å². The van der Waals surface area contributed by atoms with Gasteiger partial charge in [0.15, 0.2) is 0 Å². The lowest BCUT2D eigenvalue weighted by molar-refractivity contribution is -0.383. The lowest BCUT2D eigenvalue weighted by atomic mass is 10.1. The van der Waals surface area contributed by atoms with Crippen molar-refractivity contribution in [2.24, 2.45) is 0 Å². The number of hydrogen-bond acceptors (Lipinski definition) is 5. The average molecular weight is 372 g/mol. The minimum Gasteiger partial charge on any atom is -0.383 e. The van der Waals surface area contributed by atoms with E-state index in [1.54, 1.807) is 12.1 Å². The standard InChI is InChI=1S/C18H14F2N4O3/c19-13-2-1-3-14(20)17(13)18(25)23-9-8-22-15-4-5-16(24(26)27)12-10-21-7-6-11(12)15/h1-7,10,22H,8-9H2,(H,23,25). The number of carbonyl (C=O) groups excluding carboxylic acids is 1. The molecule has 2 N–H and O–H groups in total. The normalized spacial score (nSPS) is 10.6. The maximum atomic E-state index is 13.6. The second-order valence-electron chi connectivity index (χ2n) is 5.59. The highest BCUT2D eigenvalue weighted by molar-refractivity contribution is 5.99. The molecule has 0 fully saturated rings. The number of nitro groups is 1. The van der Waals surface area contributed by atoms with Crippen molar-refractivity contribution < 1.29 is 18.5 Å². The summed E-state index contributed by atoms with van der Waals surface area (Å²) in [6.45, 7) is 0.340. The highest BCUT2D eigenvalue weighted by Crippen LogP contribution is 2.30. The Morgan fingerprint density at radius 1 is 1.07 bits per heavy atom. The highest BCUT2D eigenvalue weighted by atomic mass is 19.1. The largest absolute Gasteiger partial charge is 0.383 e. The van der Waals surface area contributed by atoms with Gasteiger partial charge in [-0.2, -0.15) is 0 Å². The summed E-state index contributed by atoms with van der Waals surface area (Å²) < 4.78 is 27.2. The molecule has 7 nitrogen and oxygen atoms in total. The molecule has 0 saturated heterocycles. The first-order valence-corrected chi connectivity index (χ1v) is 7.96. The second kappa shape index (κ2) is 7.73. The Labute approximate surface area is 152 Å². The molecule has 1 heterocycles. The van der Waals surface area contributed by atoms with Crippen LogP contribution in [0.2, 0.25) is 0 Å². The molecule has 1 aromatic heterocycles. The molecule has 0 spiro atoms. The van der Waals surface area contributed by atoms with Gasteiger partial charge in [-0.15, -0.1) is 0 Å². The lowest BCUT2D eigenvalue weighted by Gasteiger charge is -2.11. The second-order valence-corrected chi connectivity index (χ2v) is 5.59. The van der Waals surface area contributed by atoms with Gasteiger partial charge in [0, 0.05) is 42.6 Å². The van der Waals surface area contributed by atoms with Crippen molar-refractivity contribution in [1.82, 2.24) is 10.3 Å². The van der Waals surface area contributed by atoms with Crippen LogP contribution in [-0.4, -0.2) is 28.9 Å². The zero-order chi connectivity index (χ0) is 19.4. The first-order valence-electron chi connectivity index (χ1n) is 7.96. The molecule has 0 aliphatic rings. The number of hydrogen-bond donors (Lipinski definition) is 2. The number of non-ortho nitro benzene ring substituents is 1. The summed E-state index contributed by atoms with van der Waals surface area (Å²) in [7, 11) is 0. The zero-order valence-corrected chi connectivity index (χ0v) is 13.9. The number of carbonyl (C=O) groups is 1. The van der Waals surface area contributed by atoms with Crippen molar-refractivity contribution in [3.05, 3.63) is 76.1 Å². The summed E-state index contributed by atoms with van der Waals surface area (Å²) >= 11 is 0. The van der Waals surface area contributed by atoms with Crippen molar-refractivity contribution in [2.75, 3.05) is 18.4 Å². The Morgan fingerprint density at radius 3 is 2.52 bits per heavy atom. The summed E-state index contributed by atoms with van der Waals surface area (Å²) in [5, 5.41) is 17.5. The van der Waals surface area contributed by atoms with Crippen LogP contribution in [0.1, 0.15) is 10.4 Å². The summed E-state index contributed by atoms with van der Waals surface area (Å²) in [6, 6.07) is 7.74. The van der Waals surface area contributed by atoms with E-state index in [2.05, 4.69) is 15.6 Å². The smallest absolute Gasteiger partial charge is 0.278 e. The Bertz CT molecular complexity index is 1010. The fraction of sp³-hybridized carbons (Fsp3) is 0.111. The Balaban J connectivity index is 1.67. The number of nitrogens with one attached hydrogen (secondary N) is 2. The van der Waals surface area contributed by atoms with Gasteiger partial charge in [-0.05, 0) is 24.3 Å². The molecule has 0 aliphatic carbocycles. The highest BCUT2D eigenvalue weighted by Gasteiger charge is 2.17. The Hall–Kier alpha value is -3.62. The number of nitrogens with zero attached hydrogens (tertiary/aromatic N) is 2. The van der Waals surface area contributed by atoms with Gasteiger partial charge in [0.2, 0.25) is 0 Å². The molecule has 0 radical (unpaired) electrons. The number of pyridine rings is 1. The van der Waals surface area contributed by atoms with E-state index in [1.807, 2.05) is 0 Å². The van der Waals surface area contributed by atoms with Gasteiger partial charge < -0.3 is 10.6 Å². The molecule has 0 aliphatic heterocycles. The molecule has 9 heteroatoms. The maximum Gasteiger partial charge on any atom is 0.278 e. The first-order chi connectivity index (χ1) is 13.0. The summed E-state index contributed by atoms with van der Waals surface area (Å²) in [6.07, 6.45) is 2.92. The van der Waals surface area contributed by atoms with Gasteiger partial charge >= 0.3 is 0 Å². The quantitative estimate of drug-likeness (QED) is 0.393. The van der Waals surface area contributed by atoms with Gasteiger partial charge in [-0.1, -0.05) is 6.07 Å². The van der Waals surface area contributed by atoms with Crippen LogP contribution in [0.25, 0.3) is 10.8 Å². The number of rotatable bonds is 6. The van der Waals surface area contributed by atoms with Crippen molar-refractivity contribution >= 4 is 28.1 Å². The third-order valence-electron chi connectivity index (χ3n) is 3.91. The van der Waals surface area contributed by atoms with E-state index in [1.165, 1.54) is 24.5 Å². The van der Waals surface area contributed by atoms with E-state index in [-0.39, 0.29) is 18.8 Å². The number of amides is 1. The Kier molecular flexibility index (Phi) is 5.20. The van der Waals surface area contributed by atoms with Gasteiger partial charge in [0.05, 0.1) is 10.3 Å². The van der Waals surface area contributed by atoms with Crippen LogP contribution in [0.4, 0.5) is 20.2 Å². The number of fused-ring (bicyclic) bond motifs is 1. The molecular formula is C18H14F2N4O3. The predicted octanol–water partition coefficient (Wildman–Crippen LogP) is 3.26. The van der Waals surface area contributed by atoms with Crippen LogP contribution in [0, 0.1) is 21.7 Å². The molecule has 138 valence electrons. The van der Waals surface area contributed by atoms with Crippen molar-refractivity contribution in [3.8, 4) is 0 Å². The van der Waals surface area contributed by atoms with Gasteiger partial charge in [-0.3, -0.25) is 19.9 Å². The Morgan fingerprint density at radius 2 is 1.81 bits per heavy atom. The maximum absolute atomic E-state index is 13.6. The molecule has 27 heavy (non-hydrogen) atoms. The van der Waals surface area contributed by atoms with Crippen molar-refractivity contribution in [2.45, 2.75) is 0 Å². The fourth-order valence-electron chi connectivity index (χ4n) is 2.66. The molecule has 3 rings (SSSR count). The van der Waals surface area contributed by atoms with Crippen LogP contribution >= 0.6 is 0 Å². The molecule has 2 aromatic carbocycles. The fourth-order valence-corrected chi connectivity index (χ4v) is 2.66. The molecule has 0 bridgehead atoms. The SMILES string of the molecule is O=C(NCCNc1ccc([N+](=O)[O-])c2cnccc12)c1c(F)cccc1F. The van der Waals surface area contributed by atoms with E-state index in [9.17, 15) is 23.7 Å². The van der Waals surface area contributed by atoms with E-state index in [4.69, 9.17) is 0 Å². The molecule has 3 aromatic rings. The van der Waals surface area contributed by atoms with Crippen LogP contribution in [0.3, 0.4) is 0 Å². The molecule has 1 amide bonds. The minimum absolute atomic E-state index is 0.0630. The lowest BCUT2D eigenvalue weighted by Crippen LogP contribution is -2.30. The number of anilines is 1. The van der Waals surface area contributed by atoms with E-state index in [0.29, 0.717) is 16.5 Å². The number of aromatic nitrogens is 1. The van der Waals surface area contributed by atoms with Crippen LogP contribution in [-0.2, 0) is 0 Å². The third-order valence-corrected chi connectivity index (χ3v) is 3.91. The predicted molar refractivity (Wildman–Crippen MR) is 95.6 cm³/mol. The number of benzene rings is 2. The molecule has 0 atom stereocenters. The van der Waals surface area contributed by atoms with Crippen LogP contribution in [0.15, 0.2) is 48.8 Å². The van der Waals surface area contributed by atoms with E-state index < -0.39 is 28.0 Å². The van der Waals surface area contributed by atoms with Crippen molar-refractivity contribution in [3.63, 3.8) is 0 Å². The monoisotopic (exact) mass is 372 g/mol. The molecule has 0 saturated carbocycles. The van der Waals surface area contributed by atoms with Gasteiger partial charge in [-0.25, -0.2) is 8.78 Å². The van der Waals surface area contributed by atoms with Gasteiger partial charge in [0.1, 0.15) is 17.2 Å². The molecular weight excluding hydrogens is 358 g/mol. The minimum atomic E-state index is -0.936. The molecule has 0 unspecified atom stereocenters. The number of halogens is 2. The zero-order valence-electron chi connectivity index (χ0n) is 13.9. The third kappa shape index (κ3) is 3.81. The topological polar surface area (TPSA) is 97.2 Å². The summed E-state index contributed by atoms with van der Waals surface area (Å²) in [5.74, 6) is -2.73. The van der Waals surface area contributed by atoms with E-state index >= 15 is 0 Å². The first kappa shape index (κ1) is 18.2. The van der Waals surface area contributed by atoms with Gasteiger partial charge in [0.25, 0.3) is 11.6 Å².